The maximum atomic E-state index is 12.8. The van der Waals surface area contributed by atoms with Gasteiger partial charge in [-0.1, -0.05) is 6.92 Å². The van der Waals surface area contributed by atoms with Gasteiger partial charge in [0.1, 0.15) is 0 Å². The minimum Gasteiger partial charge on any atom is -0.294 e. The third-order valence-electron chi connectivity index (χ3n) is 2.37. The number of aryl methyl sites for hydroxylation is 1. The minimum atomic E-state index is -2.81. The van der Waals surface area contributed by atoms with Gasteiger partial charge in [0.05, 0.1) is 11.6 Å². The van der Waals surface area contributed by atoms with Gasteiger partial charge >= 0.3 is 0 Å². The van der Waals surface area contributed by atoms with E-state index in [0.29, 0.717) is 12.0 Å². The molecule has 0 aromatic heterocycles. The van der Waals surface area contributed by atoms with Gasteiger partial charge < -0.3 is 0 Å². The highest BCUT2D eigenvalue weighted by Gasteiger charge is 2.21. The lowest BCUT2D eigenvalue weighted by Gasteiger charge is -2.10. The zero-order valence-electron chi connectivity index (χ0n) is 9.05. The van der Waals surface area contributed by atoms with Crippen LogP contribution in [0, 0.1) is 11.3 Å². The van der Waals surface area contributed by atoms with Crippen LogP contribution in [0.4, 0.5) is 8.78 Å². The molecular formula is C12H11F2NO. The average Bonchev–Trinajstić information content (AvgIpc) is 2.26. The van der Waals surface area contributed by atoms with Gasteiger partial charge in [-0.3, -0.25) is 4.79 Å². The fourth-order valence-corrected chi connectivity index (χ4v) is 1.54. The molecule has 0 unspecified atom stereocenters. The molecule has 0 aliphatic carbocycles. The molecule has 0 atom stereocenters. The number of alkyl halides is 2. The van der Waals surface area contributed by atoms with Crippen molar-refractivity contribution in [2.45, 2.75) is 26.7 Å². The van der Waals surface area contributed by atoms with Crippen molar-refractivity contribution >= 4 is 5.78 Å². The number of Topliss-reactive ketones (excluding diaryl/α,β-unsaturated/α-hetero) is 1. The second kappa shape index (κ2) is 4.84. The predicted molar refractivity (Wildman–Crippen MR) is 55.5 cm³/mol. The van der Waals surface area contributed by atoms with E-state index in [2.05, 4.69) is 0 Å². The molecule has 4 heteroatoms. The summed E-state index contributed by atoms with van der Waals surface area (Å²) < 4.78 is 25.5. The number of nitrogens with zero attached hydrogens (tertiary/aromatic N) is 1. The van der Waals surface area contributed by atoms with E-state index in [4.69, 9.17) is 5.26 Å². The van der Waals surface area contributed by atoms with E-state index >= 15 is 0 Å². The van der Waals surface area contributed by atoms with E-state index < -0.39 is 17.8 Å². The van der Waals surface area contributed by atoms with Crippen LogP contribution in [0.1, 0.15) is 47.3 Å². The molecule has 0 saturated carbocycles. The molecule has 0 aliphatic heterocycles. The number of benzene rings is 1. The van der Waals surface area contributed by atoms with E-state index in [1.807, 2.05) is 6.92 Å². The van der Waals surface area contributed by atoms with Crippen LogP contribution in [0.25, 0.3) is 0 Å². The number of ketones is 1. The van der Waals surface area contributed by atoms with Crippen molar-refractivity contribution in [3.63, 3.8) is 0 Å². The number of halogens is 2. The summed E-state index contributed by atoms with van der Waals surface area (Å²) in [7, 11) is 0. The molecule has 0 amide bonds. The van der Waals surface area contributed by atoms with E-state index in [-0.39, 0.29) is 11.1 Å². The first-order chi connectivity index (χ1) is 7.51. The van der Waals surface area contributed by atoms with Crippen LogP contribution in [0.3, 0.4) is 0 Å². The fraction of sp³-hybridized carbons (Fsp3) is 0.333. The number of hydrogen-bond acceptors (Lipinski definition) is 2. The van der Waals surface area contributed by atoms with Gasteiger partial charge in [-0.2, -0.15) is 5.26 Å². The van der Waals surface area contributed by atoms with Crippen LogP contribution in [-0.4, -0.2) is 5.78 Å². The Kier molecular flexibility index (Phi) is 3.73. The van der Waals surface area contributed by atoms with E-state index in [1.54, 1.807) is 6.07 Å². The van der Waals surface area contributed by atoms with Gasteiger partial charge in [0.15, 0.2) is 5.78 Å². The molecule has 1 rings (SSSR count). The van der Waals surface area contributed by atoms with Crippen molar-refractivity contribution in [1.29, 1.82) is 5.26 Å². The number of hydrogen-bond donors (Lipinski definition) is 0. The smallest absolute Gasteiger partial charge is 0.265 e. The Morgan fingerprint density at radius 3 is 2.50 bits per heavy atom. The summed E-state index contributed by atoms with van der Waals surface area (Å²) in [4.78, 5) is 11.3. The summed E-state index contributed by atoms with van der Waals surface area (Å²) in [5.74, 6) is -0.443. The Bertz CT molecular complexity index is 461. The van der Waals surface area contributed by atoms with Gasteiger partial charge in [0.2, 0.25) is 0 Å². The van der Waals surface area contributed by atoms with Crippen LogP contribution in [0.5, 0.6) is 0 Å². The molecule has 0 radical (unpaired) electrons. The second-order valence-electron chi connectivity index (χ2n) is 3.43. The molecule has 2 nitrogen and oxygen atoms in total. The first-order valence-electron chi connectivity index (χ1n) is 4.87. The Morgan fingerprint density at radius 1 is 1.50 bits per heavy atom. The molecule has 0 N–H and O–H groups in total. The molecule has 0 aliphatic rings. The number of carbonyl (C=O) groups is 1. The molecule has 16 heavy (non-hydrogen) atoms. The number of nitriles is 1. The van der Waals surface area contributed by atoms with Crippen LogP contribution >= 0.6 is 0 Å². The predicted octanol–water partition coefficient (Wildman–Crippen LogP) is 3.26. The summed E-state index contributed by atoms with van der Waals surface area (Å²) >= 11 is 0. The summed E-state index contributed by atoms with van der Waals surface area (Å²) in [6, 6.07) is 4.56. The van der Waals surface area contributed by atoms with Crippen molar-refractivity contribution in [3.05, 3.63) is 34.4 Å². The molecule has 0 bridgehead atoms. The summed E-state index contributed by atoms with van der Waals surface area (Å²) in [5.41, 5.74) is 0.101. The zero-order chi connectivity index (χ0) is 12.3. The highest BCUT2D eigenvalue weighted by Crippen LogP contribution is 2.28. The quantitative estimate of drug-likeness (QED) is 0.738. The highest BCUT2D eigenvalue weighted by molar-refractivity contribution is 5.96. The van der Waals surface area contributed by atoms with Crippen LogP contribution < -0.4 is 0 Å². The lowest BCUT2D eigenvalue weighted by molar-refractivity contribution is 0.0998. The maximum absolute atomic E-state index is 12.8. The first-order valence-corrected chi connectivity index (χ1v) is 4.87. The molecule has 0 fully saturated rings. The standard InChI is InChI=1S/C12H11F2NO/c1-3-8-4-9(6-15)11(12(13)14)10(5-8)7(2)16/h4-5,12H,3H2,1-2H3. The topological polar surface area (TPSA) is 40.9 Å². The molecular weight excluding hydrogens is 212 g/mol. The van der Waals surface area contributed by atoms with E-state index in [0.717, 1.165) is 0 Å². The molecule has 0 saturated heterocycles. The maximum Gasteiger partial charge on any atom is 0.265 e. The van der Waals surface area contributed by atoms with Gasteiger partial charge in [0.25, 0.3) is 6.43 Å². The zero-order valence-corrected chi connectivity index (χ0v) is 9.05. The Hall–Kier alpha value is -1.76. The fourth-order valence-electron chi connectivity index (χ4n) is 1.54. The van der Waals surface area contributed by atoms with Crippen molar-refractivity contribution in [2.75, 3.05) is 0 Å². The summed E-state index contributed by atoms with van der Waals surface area (Å²) in [6.45, 7) is 3.06. The van der Waals surface area contributed by atoms with E-state index in [9.17, 15) is 13.6 Å². The molecule has 1 aromatic rings. The molecule has 0 heterocycles. The molecule has 1 aromatic carbocycles. The third-order valence-corrected chi connectivity index (χ3v) is 2.37. The van der Waals surface area contributed by atoms with Crippen molar-refractivity contribution in [2.24, 2.45) is 0 Å². The second-order valence-corrected chi connectivity index (χ2v) is 3.43. The minimum absolute atomic E-state index is 0.0501. The Morgan fingerprint density at radius 2 is 2.12 bits per heavy atom. The Balaban J connectivity index is 3.55. The van der Waals surface area contributed by atoms with Crippen molar-refractivity contribution in [1.82, 2.24) is 0 Å². The van der Waals surface area contributed by atoms with Crippen LogP contribution in [-0.2, 0) is 6.42 Å². The Labute approximate surface area is 92.5 Å². The third kappa shape index (κ3) is 2.25. The largest absolute Gasteiger partial charge is 0.294 e. The van der Waals surface area contributed by atoms with Gasteiger partial charge in [0, 0.05) is 11.1 Å². The van der Waals surface area contributed by atoms with Crippen LogP contribution in [0.15, 0.2) is 12.1 Å². The van der Waals surface area contributed by atoms with Gasteiger partial charge in [-0.15, -0.1) is 0 Å². The summed E-state index contributed by atoms with van der Waals surface area (Å²) in [6.07, 6.45) is -2.21. The first kappa shape index (κ1) is 12.3. The van der Waals surface area contributed by atoms with Crippen molar-refractivity contribution < 1.29 is 13.6 Å². The normalized spacial score (nSPS) is 10.2. The monoisotopic (exact) mass is 223 g/mol. The molecule has 84 valence electrons. The number of rotatable bonds is 3. The average molecular weight is 223 g/mol. The van der Waals surface area contributed by atoms with Crippen molar-refractivity contribution in [3.8, 4) is 6.07 Å². The summed E-state index contributed by atoms with van der Waals surface area (Å²) in [5, 5.41) is 8.80. The van der Waals surface area contributed by atoms with Gasteiger partial charge in [-0.05, 0) is 31.0 Å². The highest BCUT2D eigenvalue weighted by atomic mass is 19.3. The number of carbonyl (C=O) groups excluding carboxylic acids is 1. The lowest BCUT2D eigenvalue weighted by Crippen LogP contribution is -2.05. The lowest BCUT2D eigenvalue weighted by atomic mass is 9.95. The molecule has 0 spiro atoms. The SMILES string of the molecule is CCc1cc(C#N)c(C(F)F)c(C(C)=O)c1. The van der Waals surface area contributed by atoms with E-state index in [1.165, 1.54) is 19.1 Å². The van der Waals surface area contributed by atoms with Gasteiger partial charge in [-0.25, -0.2) is 8.78 Å². The van der Waals surface area contributed by atoms with Crippen LogP contribution in [0.2, 0.25) is 0 Å².